The second kappa shape index (κ2) is 7.93. The van der Waals surface area contributed by atoms with Crippen LogP contribution in [0.4, 0.5) is 8.78 Å². The van der Waals surface area contributed by atoms with Crippen molar-refractivity contribution in [1.82, 2.24) is 5.32 Å². The van der Waals surface area contributed by atoms with Gasteiger partial charge in [-0.1, -0.05) is 6.92 Å². The topological polar surface area (TPSA) is 58.6 Å². The van der Waals surface area contributed by atoms with E-state index in [0.29, 0.717) is 25.8 Å². The maximum Gasteiger partial charge on any atom is 0.323 e. The van der Waals surface area contributed by atoms with Gasteiger partial charge in [-0.25, -0.2) is 8.78 Å². The molecule has 118 valence electrons. The quantitative estimate of drug-likeness (QED) is 0.689. The number of ether oxygens (including phenoxy) is 1. The van der Waals surface area contributed by atoms with Crippen molar-refractivity contribution in [2.45, 2.75) is 38.6 Å². The number of aliphatic carboxylic acids is 1. The predicted octanol–water partition coefficient (Wildman–Crippen LogP) is 2.97. The summed E-state index contributed by atoms with van der Waals surface area (Å²) >= 11 is 0. The number of carbonyl (C=O) groups is 1. The van der Waals surface area contributed by atoms with Crippen molar-refractivity contribution in [2.75, 3.05) is 13.2 Å². The first-order valence-corrected chi connectivity index (χ1v) is 6.95. The van der Waals surface area contributed by atoms with Crippen LogP contribution in [-0.4, -0.2) is 29.8 Å². The molecule has 0 spiro atoms. The van der Waals surface area contributed by atoms with Gasteiger partial charge in [0, 0.05) is 6.07 Å². The lowest BCUT2D eigenvalue weighted by molar-refractivity contribution is -0.144. The minimum absolute atomic E-state index is 0.123. The van der Waals surface area contributed by atoms with E-state index in [9.17, 15) is 18.7 Å². The van der Waals surface area contributed by atoms with E-state index in [1.165, 1.54) is 0 Å². The molecule has 0 fully saturated rings. The average molecular weight is 301 g/mol. The molecule has 0 heterocycles. The number of nitrogens with one attached hydrogen (secondary N) is 1. The maximum absolute atomic E-state index is 13.3. The van der Waals surface area contributed by atoms with Crippen LogP contribution in [0.15, 0.2) is 18.2 Å². The van der Waals surface area contributed by atoms with Gasteiger partial charge >= 0.3 is 5.97 Å². The molecule has 0 amide bonds. The molecule has 0 aromatic heterocycles. The van der Waals surface area contributed by atoms with Gasteiger partial charge in [-0.15, -0.1) is 0 Å². The molecule has 0 bridgehead atoms. The Labute approximate surface area is 123 Å². The van der Waals surface area contributed by atoms with Crippen LogP contribution in [0, 0.1) is 11.6 Å². The lowest BCUT2D eigenvalue weighted by atomic mass is 9.95. The molecule has 1 aromatic carbocycles. The highest BCUT2D eigenvalue weighted by atomic mass is 19.1. The normalized spacial score (nSPS) is 13.7. The van der Waals surface area contributed by atoms with Gasteiger partial charge in [-0.2, -0.15) is 0 Å². The fraction of sp³-hybridized carbons (Fsp3) is 0.533. The van der Waals surface area contributed by atoms with E-state index in [1.54, 1.807) is 6.92 Å². The lowest BCUT2D eigenvalue weighted by Gasteiger charge is -2.25. The number of likely N-dealkylation sites (N-methyl/N-ethyl adjacent to an activating group) is 1. The van der Waals surface area contributed by atoms with E-state index < -0.39 is 23.1 Å². The SMILES string of the molecule is CCNC(C)(CCCCOc1cc(F)ccc1F)C(=O)O. The highest BCUT2D eigenvalue weighted by molar-refractivity contribution is 5.78. The minimum Gasteiger partial charge on any atom is -0.490 e. The van der Waals surface area contributed by atoms with Crippen LogP contribution in [0.2, 0.25) is 0 Å². The monoisotopic (exact) mass is 301 g/mol. The van der Waals surface area contributed by atoms with Crippen molar-refractivity contribution in [1.29, 1.82) is 0 Å². The van der Waals surface area contributed by atoms with Crippen molar-refractivity contribution in [3.05, 3.63) is 29.8 Å². The minimum atomic E-state index is -0.973. The molecule has 0 aliphatic heterocycles. The smallest absolute Gasteiger partial charge is 0.323 e. The molecule has 0 radical (unpaired) electrons. The Bertz CT molecular complexity index is 482. The largest absolute Gasteiger partial charge is 0.490 e. The van der Waals surface area contributed by atoms with Crippen molar-refractivity contribution in [3.63, 3.8) is 0 Å². The number of benzene rings is 1. The number of hydrogen-bond donors (Lipinski definition) is 2. The van der Waals surface area contributed by atoms with Crippen molar-refractivity contribution >= 4 is 5.97 Å². The zero-order valence-corrected chi connectivity index (χ0v) is 12.3. The Morgan fingerprint density at radius 3 is 2.71 bits per heavy atom. The Morgan fingerprint density at radius 1 is 1.38 bits per heavy atom. The summed E-state index contributed by atoms with van der Waals surface area (Å²) in [6, 6.07) is 3.03. The molecular weight excluding hydrogens is 280 g/mol. The Hall–Kier alpha value is -1.69. The standard InChI is InChI=1S/C15H21F2NO3/c1-3-18-15(2,14(19)20)8-4-5-9-21-13-10-11(16)6-7-12(13)17/h6-7,10,18H,3-5,8-9H2,1-2H3,(H,19,20). The molecule has 1 unspecified atom stereocenters. The summed E-state index contributed by atoms with van der Waals surface area (Å²) in [4.78, 5) is 11.2. The number of halogens is 2. The highest BCUT2D eigenvalue weighted by Gasteiger charge is 2.30. The number of unbranched alkanes of at least 4 members (excludes halogenated alkanes) is 1. The maximum atomic E-state index is 13.3. The van der Waals surface area contributed by atoms with E-state index >= 15 is 0 Å². The molecule has 0 aliphatic rings. The first-order valence-electron chi connectivity index (χ1n) is 6.95. The molecule has 21 heavy (non-hydrogen) atoms. The van der Waals surface area contributed by atoms with Gasteiger partial charge in [-0.3, -0.25) is 4.79 Å². The van der Waals surface area contributed by atoms with Crippen molar-refractivity contribution < 1.29 is 23.4 Å². The lowest BCUT2D eigenvalue weighted by Crippen LogP contribution is -2.49. The van der Waals surface area contributed by atoms with E-state index in [0.717, 1.165) is 18.2 Å². The van der Waals surface area contributed by atoms with Crippen LogP contribution in [0.1, 0.15) is 33.1 Å². The highest BCUT2D eigenvalue weighted by Crippen LogP contribution is 2.19. The molecule has 1 atom stereocenters. The first-order chi connectivity index (χ1) is 9.89. The zero-order valence-electron chi connectivity index (χ0n) is 12.3. The summed E-state index contributed by atoms with van der Waals surface area (Å²) < 4.78 is 31.4. The molecular formula is C15H21F2NO3. The molecule has 0 saturated carbocycles. The van der Waals surface area contributed by atoms with Gasteiger partial charge < -0.3 is 15.2 Å². The van der Waals surface area contributed by atoms with Crippen LogP contribution in [0.25, 0.3) is 0 Å². The van der Waals surface area contributed by atoms with Gasteiger partial charge in [0.2, 0.25) is 0 Å². The second-order valence-electron chi connectivity index (χ2n) is 5.05. The van der Waals surface area contributed by atoms with E-state index in [-0.39, 0.29) is 12.4 Å². The van der Waals surface area contributed by atoms with Gasteiger partial charge in [0.15, 0.2) is 11.6 Å². The molecule has 4 nitrogen and oxygen atoms in total. The Kier molecular flexibility index (Phi) is 6.55. The molecule has 1 aromatic rings. The van der Waals surface area contributed by atoms with E-state index in [4.69, 9.17) is 4.74 Å². The third-order valence-electron chi connectivity index (χ3n) is 3.26. The molecule has 2 N–H and O–H groups in total. The van der Waals surface area contributed by atoms with Crippen LogP contribution >= 0.6 is 0 Å². The molecule has 0 aliphatic carbocycles. The van der Waals surface area contributed by atoms with E-state index in [1.807, 2.05) is 6.92 Å². The summed E-state index contributed by atoms with van der Waals surface area (Å²) in [6.45, 7) is 4.25. The Balaban J connectivity index is 2.37. The average Bonchev–Trinajstić information content (AvgIpc) is 2.42. The van der Waals surface area contributed by atoms with Crippen molar-refractivity contribution in [2.24, 2.45) is 0 Å². The second-order valence-corrected chi connectivity index (χ2v) is 5.05. The van der Waals surface area contributed by atoms with E-state index in [2.05, 4.69) is 5.32 Å². The zero-order chi connectivity index (χ0) is 15.9. The van der Waals surface area contributed by atoms with Crippen LogP contribution in [0.3, 0.4) is 0 Å². The van der Waals surface area contributed by atoms with Crippen LogP contribution in [0.5, 0.6) is 5.75 Å². The number of carboxylic acids is 1. The summed E-state index contributed by atoms with van der Waals surface area (Å²) in [5.74, 6) is -2.19. The van der Waals surface area contributed by atoms with Gasteiger partial charge in [0.05, 0.1) is 6.61 Å². The third-order valence-corrected chi connectivity index (χ3v) is 3.26. The van der Waals surface area contributed by atoms with Gasteiger partial charge in [0.25, 0.3) is 0 Å². The molecule has 0 saturated heterocycles. The predicted molar refractivity (Wildman–Crippen MR) is 75.4 cm³/mol. The summed E-state index contributed by atoms with van der Waals surface area (Å²) in [5, 5.41) is 12.1. The number of hydrogen-bond acceptors (Lipinski definition) is 3. The van der Waals surface area contributed by atoms with Gasteiger partial charge in [0.1, 0.15) is 11.4 Å². The van der Waals surface area contributed by atoms with Crippen LogP contribution in [-0.2, 0) is 4.79 Å². The Morgan fingerprint density at radius 2 is 2.10 bits per heavy atom. The number of rotatable bonds is 9. The fourth-order valence-corrected chi connectivity index (χ4v) is 2.01. The van der Waals surface area contributed by atoms with Crippen molar-refractivity contribution in [3.8, 4) is 5.75 Å². The number of carboxylic acid groups (broad SMARTS) is 1. The fourth-order valence-electron chi connectivity index (χ4n) is 2.01. The summed E-state index contributed by atoms with van der Waals surface area (Å²) in [6.07, 6.45) is 1.60. The summed E-state index contributed by atoms with van der Waals surface area (Å²) in [7, 11) is 0. The third kappa shape index (κ3) is 5.30. The van der Waals surface area contributed by atoms with Crippen LogP contribution < -0.4 is 10.1 Å². The van der Waals surface area contributed by atoms with Gasteiger partial charge in [-0.05, 0) is 44.9 Å². The summed E-state index contributed by atoms with van der Waals surface area (Å²) in [5.41, 5.74) is -0.973. The molecule has 6 heteroatoms. The first kappa shape index (κ1) is 17.4. The molecule has 1 rings (SSSR count).